The zero-order valence-electron chi connectivity index (χ0n) is 8.15. The molecule has 2 unspecified atom stereocenters. The highest BCUT2D eigenvalue weighted by Gasteiger charge is 2.38. The van der Waals surface area contributed by atoms with Gasteiger partial charge in [-0.15, -0.1) is 23.2 Å². The summed E-state index contributed by atoms with van der Waals surface area (Å²) in [6.07, 6.45) is 0. The van der Waals surface area contributed by atoms with Crippen LogP contribution < -0.4 is 0 Å². The van der Waals surface area contributed by atoms with Gasteiger partial charge in [0.15, 0.2) is 0 Å². The summed E-state index contributed by atoms with van der Waals surface area (Å²) in [4.78, 5) is 0. The van der Waals surface area contributed by atoms with Crippen molar-refractivity contribution in [3.05, 3.63) is 0 Å². The zero-order chi connectivity index (χ0) is 13.1. The molecule has 0 aromatic rings. The van der Waals surface area contributed by atoms with Crippen molar-refractivity contribution in [1.82, 2.24) is 0 Å². The Morgan fingerprint density at radius 2 is 1.19 bits per heavy atom. The Hall–Kier alpha value is 1.89. The first-order valence-electron chi connectivity index (χ1n) is 3.95. The van der Waals surface area contributed by atoms with Crippen LogP contribution in [0.15, 0.2) is 0 Å². The lowest BCUT2D eigenvalue weighted by Crippen LogP contribution is -2.28. The van der Waals surface area contributed by atoms with Gasteiger partial charge >= 0.3 is 8.25 Å². The van der Waals surface area contributed by atoms with Crippen molar-refractivity contribution in [1.29, 1.82) is 0 Å². The van der Waals surface area contributed by atoms with Crippen LogP contribution in [-0.4, -0.2) is 19.8 Å². The Morgan fingerprint density at radius 1 is 0.938 bits per heavy atom. The van der Waals surface area contributed by atoms with Gasteiger partial charge in [-0.25, -0.2) is 0 Å². The van der Waals surface area contributed by atoms with Gasteiger partial charge in [-0.1, -0.05) is 46.4 Å². The van der Waals surface area contributed by atoms with Crippen LogP contribution in [0, 0.1) is 0 Å². The Kier molecular flexibility index (Phi) is 7.70. The fraction of sp³-hybridized carbons (Fsp3) is 1.00. The molecule has 0 fully saturated rings. The van der Waals surface area contributed by atoms with Gasteiger partial charge in [0.25, 0.3) is 0 Å². The first kappa shape index (κ1) is 17.9. The topological polar surface area (TPSA) is 35.5 Å². The van der Waals surface area contributed by atoms with Gasteiger partial charge in [0.1, 0.15) is 0 Å². The van der Waals surface area contributed by atoms with Crippen molar-refractivity contribution >= 4 is 77.9 Å². The quantitative estimate of drug-likeness (QED) is 0.490. The van der Waals surface area contributed by atoms with Crippen LogP contribution in [0.25, 0.3) is 0 Å². The molecule has 0 rings (SSSR count). The van der Waals surface area contributed by atoms with Crippen LogP contribution in [0.5, 0.6) is 0 Å². The summed E-state index contributed by atoms with van der Waals surface area (Å²) in [5, 5.41) is -1.64. The maximum absolute atomic E-state index is 11.4. The SMILES string of the molecule is CC(Cl)C(Cl)(Cl)O[PH](=O)OC(Cl)(Cl)C(C)Cl. The summed E-state index contributed by atoms with van der Waals surface area (Å²) in [6, 6.07) is 0. The molecule has 0 saturated heterocycles. The largest absolute Gasteiger partial charge is 0.324 e. The van der Waals surface area contributed by atoms with Crippen LogP contribution in [0.3, 0.4) is 0 Å². The fourth-order valence-electron chi connectivity index (χ4n) is 0.405. The second-order valence-corrected chi connectivity index (χ2v) is 7.66. The monoisotopic (exact) mass is 370 g/mol. The minimum absolute atomic E-state index is 0.818. The summed E-state index contributed by atoms with van der Waals surface area (Å²) in [7, 11) is -3.14. The molecular formula is C6H9Cl6O3P. The number of hydrogen-bond donors (Lipinski definition) is 0. The second kappa shape index (κ2) is 6.88. The number of alkyl halides is 6. The molecule has 2 atom stereocenters. The minimum Gasteiger partial charge on any atom is -0.271 e. The third kappa shape index (κ3) is 6.17. The van der Waals surface area contributed by atoms with E-state index in [0.717, 1.165) is 0 Å². The van der Waals surface area contributed by atoms with Gasteiger partial charge in [-0.05, 0) is 13.8 Å². The van der Waals surface area contributed by atoms with Crippen LogP contribution in [0.1, 0.15) is 13.8 Å². The lowest BCUT2D eigenvalue weighted by Gasteiger charge is -2.26. The summed E-state index contributed by atoms with van der Waals surface area (Å²) in [5.41, 5.74) is 0. The molecule has 0 bridgehead atoms. The molecule has 0 aliphatic heterocycles. The van der Waals surface area contributed by atoms with E-state index in [0.29, 0.717) is 0 Å². The second-order valence-electron chi connectivity index (χ2n) is 2.81. The van der Waals surface area contributed by atoms with Gasteiger partial charge in [0.2, 0.25) is 9.04 Å². The average molecular weight is 373 g/mol. The summed E-state index contributed by atoms with van der Waals surface area (Å²) >= 11 is 33.6. The molecule has 0 aromatic carbocycles. The van der Waals surface area contributed by atoms with E-state index in [1.807, 2.05) is 0 Å². The van der Waals surface area contributed by atoms with E-state index in [-0.39, 0.29) is 0 Å². The first-order valence-corrected chi connectivity index (χ1v) is 7.55. The van der Waals surface area contributed by atoms with E-state index < -0.39 is 28.0 Å². The molecule has 0 amide bonds. The number of hydrogen-bond acceptors (Lipinski definition) is 3. The lowest BCUT2D eigenvalue weighted by molar-refractivity contribution is 0.159. The van der Waals surface area contributed by atoms with E-state index in [2.05, 4.69) is 9.05 Å². The van der Waals surface area contributed by atoms with Crippen LogP contribution in [0.2, 0.25) is 0 Å². The van der Waals surface area contributed by atoms with E-state index >= 15 is 0 Å². The molecule has 0 aromatic heterocycles. The van der Waals surface area contributed by atoms with Gasteiger partial charge in [-0.3, -0.25) is 13.6 Å². The molecule has 0 spiro atoms. The normalized spacial score (nSPS) is 19.2. The molecular weight excluding hydrogens is 364 g/mol. The smallest absolute Gasteiger partial charge is 0.271 e. The lowest BCUT2D eigenvalue weighted by atomic mass is 10.5. The van der Waals surface area contributed by atoms with E-state index in [4.69, 9.17) is 69.6 Å². The van der Waals surface area contributed by atoms with Crippen molar-refractivity contribution < 1.29 is 13.6 Å². The molecule has 0 N–H and O–H groups in total. The Labute approximate surface area is 124 Å². The minimum atomic E-state index is -3.14. The molecule has 98 valence electrons. The predicted octanol–water partition coefficient (Wildman–Crippen LogP) is 4.93. The standard InChI is InChI=1S/C6H9Cl6O3P/c1-3(7)5(9,10)14-16(13)15-6(11,12)4(2)8/h3-4,16H,1-2H3. The molecule has 0 heterocycles. The summed E-state index contributed by atoms with van der Waals surface area (Å²) in [5.74, 6) is 0. The Balaban J connectivity index is 4.41. The van der Waals surface area contributed by atoms with Gasteiger partial charge in [-0.2, -0.15) is 0 Å². The molecule has 10 heteroatoms. The maximum atomic E-state index is 11.4. The molecule has 16 heavy (non-hydrogen) atoms. The Morgan fingerprint density at radius 3 is 1.38 bits per heavy atom. The van der Waals surface area contributed by atoms with Crippen LogP contribution >= 0.6 is 77.9 Å². The highest BCUT2D eigenvalue weighted by Crippen LogP contribution is 2.46. The van der Waals surface area contributed by atoms with Crippen LogP contribution in [0.4, 0.5) is 0 Å². The van der Waals surface area contributed by atoms with Crippen molar-refractivity contribution in [2.24, 2.45) is 0 Å². The van der Waals surface area contributed by atoms with Crippen molar-refractivity contribution in [3.8, 4) is 0 Å². The molecule has 3 nitrogen and oxygen atoms in total. The highest BCUT2D eigenvalue weighted by atomic mass is 35.5. The van der Waals surface area contributed by atoms with Gasteiger partial charge in [0, 0.05) is 0 Å². The Bertz CT molecular complexity index is 233. The van der Waals surface area contributed by atoms with E-state index in [1.54, 1.807) is 0 Å². The van der Waals surface area contributed by atoms with Gasteiger partial charge in [0.05, 0.1) is 10.8 Å². The highest BCUT2D eigenvalue weighted by molar-refractivity contribution is 7.33. The third-order valence-electron chi connectivity index (χ3n) is 1.37. The predicted molar refractivity (Wildman–Crippen MR) is 70.7 cm³/mol. The zero-order valence-corrected chi connectivity index (χ0v) is 13.7. The van der Waals surface area contributed by atoms with E-state index in [9.17, 15) is 4.57 Å². The van der Waals surface area contributed by atoms with Gasteiger partial charge < -0.3 is 0 Å². The number of halogens is 6. The maximum Gasteiger partial charge on any atom is 0.324 e. The summed E-state index contributed by atoms with van der Waals surface area (Å²) < 4.78 is 17.0. The van der Waals surface area contributed by atoms with Crippen molar-refractivity contribution in [2.75, 3.05) is 0 Å². The van der Waals surface area contributed by atoms with Crippen molar-refractivity contribution in [3.63, 3.8) is 0 Å². The third-order valence-corrected chi connectivity index (χ3v) is 5.54. The average Bonchev–Trinajstić information content (AvgIpc) is 2.00. The molecule has 0 aliphatic carbocycles. The van der Waals surface area contributed by atoms with Crippen molar-refractivity contribution in [2.45, 2.75) is 33.6 Å². The van der Waals surface area contributed by atoms with E-state index in [1.165, 1.54) is 13.8 Å². The fourth-order valence-corrected chi connectivity index (χ4v) is 2.24. The van der Waals surface area contributed by atoms with Crippen LogP contribution in [-0.2, 0) is 13.6 Å². The molecule has 0 aliphatic rings. The first-order chi connectivity index (χ1) is 6.99. The number of rotatable bonds is 6. The summed E-state index contributed by atoms with van der Waals surface area (Å²) in [6.45, 7) is 2.91. The molecule has 0 radical (unpaired) electrons. The molecule has 0 saturated carbocycles.